The summed E-state index contributed by atoms with van der Waals surface area (Å²) in [5.74, 6) is -5.00. The maximum atomic E-state index is 16.7. The first-order chi connectivity index (χ1) is 39.8. The first-order valence-corrected chi connectivity index (χ1v) is 35.6. The molecule has 0 aliphatic carbocycles. The van der Waals surface area contributed by atoms with Gasteiger partial charge in [0.25, 0.3) is 0 Å². The van der Waals surface area contributed by atoms with Gasteiger partial charge in [0.2, 0.25) is 0 Å². The molecule has 0 bridgehead atoms. The summed E-state index contributed by atoms with van der Waals surface area (Å²) in [6.07, 6.45) is 27.9. The van der Waals surface area contributed by atoms with Gasteiger partial charge in [0.15, 0.2) is 0 Å². The highest BCUT2D eigenvalue weighted by molar-refractivity contribution is 5.91. The maximum absolute atomic E-state index is 16.7. The number of carbonyl (C=O) groups is 4. The fourth-order valence-electron chi connectivity index (χ4n) is 16.7. The van der Waals surface area contributed by atoms with Crippen LogP contribution in [0.25, 0.3) is 0 Å². The lowest BCUT2D eigenvalue weighted by atomic mass is 9.62. The van der Waals surface area contributed by atoms with Gasteiger partial charge in [-0.2, -0.15) is 0 Å². The van der Waals surface area contributed by atoms with E-state index in [2.05, 4.69) is 172 Å². The average molecular weight is 1210 g/mol. The van der Waals surface area contributed by atoms with Crippen molar-refractivity contribution in [2.75, 3.05) is 28.2 Å². The first kappa shape index (κ1) is 76.2. The molecule has 502 valence electrons. The number of hydrogen-bond acceptors (Lipinski definition) is 12. The summed E-state index contributed by atoms with van der Waals surface area (Å²) >= 11 is 0. The molecule has 86 heavy (non-hydrogen) atoms. The summed E-state index contributed by atoms with van der Waals surface area (Å²) in [6.45, 7) is 39.7. The van der Waals surface area contributed by atoms with Crippen LogP contribution in [0.2, 0.25) is 0 Å². The molecule has 4 heterocycles. The van der Waals surface area contributed by atoms with Crippen LogP contribution in [-0.4, -0.2) is 140 Å². The number of rotatable bonds is 35. The van der Waals surface area contributed by atoms with E-state index in [1.54, 1.807) is 0 Å². The topological polar surface area (TPSA) is 118 Å². The molecule has 0 amide bonds. The van der Waals surface area contributed by atoms with Crippen molar-refractivity contribution in [1.29, 1.82) is 0 Å². The molecule has 0 aromatic heterocycles. The zero-order valence-corrected chi connectivity index (χ0v) is 60.4. The molecule has 12 nitrogen and oxygen atoms in total. The fourth-order valence-corrected chi connectivity index (χ4v) is 16.7. The Morgan fingerprint density at radius 3 is 0.860 bits per heavy atom. The number of unbranched alkanes of at least 4 members (excludes halogenated alkanes) is 20. The molecule has 0 aromatic carbocycles. The molecular formula is C74H138N4O8. The normalized spacial score (nSPS) is 23.6. The van der Waals surface area contributed by atoms with Crippen LogP contribution >= 0.6 is 0 Å². The van der Waals surface area contributed by atoms with Crippen LogP contribution < -0.4 is 0 Å². The highest BCUT2D eigenvalue weighted by Gasteiger charge is 2.59. The second-order valence-corrected chi connectivity index (χ2v) is 33.6. The molecule has 12 heteroatoms. The van der Waals surface area contributed by atoms with Gasteiger partial charge >= 0.3 is 23.9 Å². The number of likely N-dealkylation sites (tertiary alicyclic amines) is 4. The predicted octanol–water partition coefficient (Wildman–Crippen LogP) is 17.8. The minimum Gasteiger partial charge on any atom is -0.462 e. The summed E-state index contributed by atoms with van der Waals surface area (Å²) in [7, 11) is 8.57. The molecule has 4 saturated heterocycles. The van der Waals surface area contributed by atoms with E-state index in [0.717, 1.165) is 38.5 Å². The Morgan fingerprint density at radius 1 is 0.349 bits per heavy atom. The van der Waals surface area contributed by atoms with Gasteiger partial charge in [0.05, 0.1) is 23.7 Å². The molecule has 2 atom stereocenters. The number of ether oxygens (including phenoxy) is 4. The van der Waals surface area contributed by atoms with E-state index in [9.17, 15) is 0 Å². The Morgan fingerprint density at radius 2 is 0.581 bits per heavy atom. The van der Waals surface area contributed by atoms with Gasteiger partial charge in [0.1, 0.15) is 24.4 Å². The lowest BCUT2D eigenvalue weighted by Crippen LogP contribution is -2.62. The summed E-state index contributed by atoms with van der Waals surface area (Å²) in [4.78, 5) is 74.5. The van der Waals surface area contributed by atoms with Crippen molar-refractivity contribution in [3.8, 4) is 0 Å². The third kappa shape index (κ3) is 21.4. The van der Waals surface area contributed by atoms with E-state index in [4.69, 9.17) is 18.9 Å². The molecule has 4 aliphatic rings. The predicted molar refractivity (Wildman–Crippen MR) is 356 cm³/mol. The number of nitrogens with zero attached hydrogens (tertiary/aromatic N) is 4. The van der Waals surface area contributed by atoms with Crippen molar-refractivity contribution in [3.63, 3.8) is 0 Å². The number of piperidine rings is 4. The Bertz CT molecular complexity index is 2000. The second kappa shape index (κ2) is 32.3. The Balaban J connectivity index is 1.97. The number of carbonyl (C=O) groups excluding carboxylic acids is 4. The summed E-state index contributed by atoms with van der Waals surface area (Å²) in [5, 5.41) is 0. The molecule has 4 aliphatic heterocycles. The number of hydrogen-bond donors (Lipinski definition) is 0. The van der Waals surface area contributed by atoms with E-state index in [1.165, 1.54) is 89.9 Å². The van der Waals surface area contributed by atoms with Gasteiger partial charge < -0.3 is 18.9 Å². The van der Waals surface area contributed by atoms with E-state index in [1.807, 2.05) is 0 Å². The van der Waals surface area contributed by atoms with Crippen LogP contribution in [0, 0.1) is 17.3 Å². The minimum atomic E-state index is -1.53. The third-order valence-electron chi connectivity index (χ3n) is 23.0. The highest BCUT2D eigenvalue weighted by Crippen LogP contribution is 2.51. The molecule has 0 aromatic rings. The van der Waals surface area contributed by atoms with Gasteiger partial charge in [0, 0.05) is 95.7 Å². The quantitative estimate of drug-likeness (QED) is 0.0341. The Hall–Kier alpha value is -2.28. The fraction of sp³-hybridized carbons (Fsp3) is 0.946. The molecule has 0 saturated carbocycles. The van der Waals surface area contributed by atoms with E-state index in [-0.39, 0.29) is 44.3 Å². The molecule has 0 spiro atoms. The molecule has 4 fully saturated rings. The number of esters is 4. The summed E-state index contributed by atoms with van der Waals surface area (Å²) in [6, 6.07) is 0. The zero-order chi connectivity index (χ0) is 64.7. The van der Waals surface area contributed by atoms with Crippen LogP contribution in [0.3, 0.4) is 0 Å². The SMILES string of the molecule is CCCCCCCCCCCCCC(CCCCCCCCCCCCC)(C(=O)OC1CC(C)(C)N(C)C(C)(C)C1)C(C(=O)OC1CC(C)(C)N(C)C(C)(C)C1)C(CC(=O)OC1CC(C)(C)N(C)C(C)(C)C1)C(=O)OC1CC(C)(C)N(C)C(C)(C)C1. The van der Waals surface area contributed by atoms with E-state index >= 15 is 19.2 Å². The molecule has 2 unspecified atom stereocenters. The molecule has 0 N–H and O–H groups in total. The van der Waals surface area contributed by atoms with Crippen molar-refractivity contribution in [3.05, 3.63) is 0 Å². The van der Waals surface area contributed by atoms with Crippen molar-refractivity contribution in [2.45, 2.75) is 405 Å². The monoisotopic (exact) mass is 1210 g/mol. The van der Waals surface area contributed by atoms with Crippen LogP contribution in [0.15, 0.2) is 0 Å². The van der Waals surface area contributed by atoms with Crippen LogP contribution in [-0.2, 0) is 38.1 Å². The van der Waals surface area contributed by atoms with E-state index in [0.29, 0.717) is 77.0 Å². The first-order valence-electron chi connectivity index (χ1n) is 35.6. The lowest BCUT2D eigenvalue weighted by molar-refractivity contribution is -0.196. The Labute approximate surface area is 529 Å². The minimum absolute atomic E-state index is 0.278. The molecule has 4 rings (SSSR count). The van der Waals surface area contributed by atoms with Crippen molar-refractivity contribution >= 4 is 23.9 Å². The van der Waals surface area contributed by atoms with Crippen molar-refractivity contribution in [2.24, 2.45) is 17.3 Å². The summed E-state index contributed by atoms with van der Waals surface area (Å²) in [5.41, 5.74) is -3.99. The van der Waals surface area contributed by atoms with E-state index < -0.39 is 72.0 Å². The van der Waals surface area contributed by atoms with Crippen molar-refractivity contribution in [1.82, 2.24) is 19.6 Å². The smallest absolute Gasteiger partial charge is 0.313 e. The third-order valence-corrected chi connectivity index (χ3v) is 23.0. The maximum Gasteiger partial charge on any atom is 0.313 e. The largest absolute Gasteiger partial charge is 0.462 e. The zero-order valence-electron chi connectivity index (χ0n) is 60.4. The van der Waals surface area contributed by atoms with Gasteiger partial charge in [-0.05, 0) is 152 Å². The van der Waals surface area contributed by atoms with Crippen LogP contribution in [0.4, 0.5) is 0 Å². The molecular weight excluding hydrogens is 1070 g/mol. The lowest BCUT2D eigenvalue weighted by Gasteiger charge is -2.54. The Kier molecular flexibility index (Phi) is 28.6. The van der Waals surface area contributed by atoms with Gasteiger partial charge in [-0.15, -0.1) is 0 Å². The van der Waals surface area contributed by atoms with Gasteiger partial charge in [-0.1, -0.05) is 155 Å². The van der Waals surface area contributed by atoms with Gasteiger partial charge in [-0.3, -0.25) is 38.8 Å². The highest BCUT2D eigenvalue weighted by atomic mass is 16.6. The van der Waals surface area contributed by atoms with Crippen LogP contribution in [0.5, 0.6) is 0 Å². The van der Waals surface area contributed by atoms with Crippen molar-refractivity contribution < 1.29 is 38.1 Å². The summed E-state index contributed by atoms with van der Waals surface area (Å²) < 4.78 is 27.8. The van der Waals surface area contributed by atoms with Gasteiger partial charge in [-0.25, -0.2) is 0 Å². The van der Waals surface area contributed by atoms with Crippen LogP contribution in [0.1, 0.15) is 337 Å². The average Bonchev–Trinajstić information content (AvgIpc) is 1.01. The second-order valence-electron chi connectivity index (χ2n) is 33.6. The molecule has 0 radical (unpaired) electrons. The standard InChI is InChI=1S/C74H138N4O8/c1-23-25-27-29-31-33-35-37-39-41-43-45-74(46-44-42-40-38-36-34-32-30-28-26-24-2,65(82)86-59-54-72(15,16)78(22)73(17,18)55-59)62(64(81)85-58-52-70(11,12)77(21)71(13,14)53-58)60(63(80)84-57-50-68(7,8)76(20)69(9,10)51-57)47-61(79)83-56-48-66(3,4)75(19)67(5,6)49-56/h56-60,62H,23-55H2,1-22H3.